The van der Waals surface area contributed by atoms with Crippen molar-refractivity contribution in [2.24, 2.45) is 50.2 Å². The first-order chi connectivity index (χ1) is 35.9. The Bertz CT molecular complexity index is 2310. The van der Waals surface area contributed by atoms with Crippen LogP contribution in [0, 0.1) is 50.2 Å². The van der Waals surface area contributed by atoms with Gasteiger partial charge in [-0.25, -0.2) is 9.59 Å². The molecule has 23 heteroatoms. The molecule has 0 amide bonds. The SMILES string of the molecule is CC1=C(O)C(=O)CC(OC2CC(C)(C)CC3C4=CCC5C6(C)CCC(OC7OC(C(=O)O)C(O)C(O)C7OC7OC(C(=O)O)C(O)C(O)C7OC7OC(CO)C(O)C(O)C7O)C(C)(CO)C6CCC5(C)C4(C)CCC23C)O1. The molecular formula is C54H82O23. The third-order valence-corrected chi connectivity index (χ3v) is 21.0. The molecule has 77 heavy (non-hydrogen) atoms. The molecule has 5 aliphatic carbocycles. The van der Waals surface area contributed by atoms with Crippen molar-refractivity contribution in [3.63, 3.8) is 0 Å². The van der Waals surface area contributed by atoms with Gasteiger partial charge < -0.3 is 99.2 Å². The van der Waals surface area contributed by atoms with Gasteiger partial charge in [-0.3, -0.25) is 4.79 Å². The monoisotopic (exact) mass is 1100 g/mol. The zero-order valence-corrected chi connectivity index (χ0v) is 45.0. The van der Waals surface area contributed by atoms with E-state index in [2.05, 4.69) is 47.6 Å². The maximum Gasteiger partial charge on any atom is 0.335 e. The largest absolute Gasteiger partial charge is 0.502 e. The van der Waals surface area contributed by atoms with E-state index in [1.54, 1.807) is 6.92 Å². The van der Waals surface area contributed by atoms with Gasteiger partial charge in [0.2, 0.25) is 12.1 Å². The van der Waals surface area contributed by atoms with Gasteiger partial charge in [0.05, 0.1) is 31.8 Å². The molecule has 26 atom stereocenters. The van der Waals surface area contributed by atoms with Crippen molar-refractivity contribution in [2.75, 3.05) is 13.2 Å². The summed E-state index contributed by atoms with van der Waals surface area (Å²) in [6.45, 7) is 16.2. The zero-order chi connectivity index (χ0) is 56.4. The van der Waals surface area contributed by atoms with Crippen LogP contribution in [0.1, 0.15) is 120 Å². The normalized spacial score (nSPS) is 51.7. The van der Waals surface area contributed by atoms with Gasteiger partial charge >= 0.3 is 11.9 Å². The summed E-state index contributed by atoms with van der Waals surface area (Å²) >= 11 is 0. The van der Waals surface area contributed by atoms with Crippen molar-refractivity contribution in [1.82, 2.24) is 0 Å². The van der Waals surface area contributed by atoms with E-state index in [4.69, 9.17) is 37.9 Å². The third-order valence-electron chi connectivity index (χ3n) is 21.0. The lowest BCUT2D eigenvalue weighted by molar-refractivity contribution is -0.394. The first-order valence-electron chi connectivity index (χ1n) is 27.2. The fourth-order valence-corrected chi connectivity index (χ4v) is 16.3. The molecule has 4 heterocycles. The molecule has 12 N–H and O–H groups in total. The van der Waals surface area contributed by atoms with E-state index in [9.17, 15) is 75.7 Å². The third kappa shape index (κ3) is 9.50. The Morgan fingerprint density at radius 3 is 1.82 bits per heavy atom. The molecule has 26 unspecified atom stereocenters. The van der Waals surface area contributed by atoms with E-state index in [1.807, 2.05) is 6.92 Å². The Morgan fingerprint density at radius 2 is 1.25 bits per heavy atom. The molecule has 4 saturated carbocycles. The summed E-state index contributed by atoms with van der Waals surface area (Å²) in [5.74, 6) is -3.96. The van der Waals surface area contributed by atoms with Gasteiger partial charge in [-0.05, 0) is 104 Å². The molecule has 4 aliphatic heterocycles. The van der Waals surface area contributed by atoms with Gasteiger partial charge in [0.15, 0.2) is 36.8 Å². The number of hydrogen-bond acceptors (Lipinski definition) is 21. The second-order valence-corrected chi connectivity index (χ2v) is 25.8. The van der Waals surface area contributed by atoms with Crippen molar-refractivity contribution in [2.45, 2.75) is 230 Å². The number of carbonyl (C=O) groups excluding carboxylic acids is 1. The number of aliphatic hydroxyl groups is 10. The number of fused-ring (bicyclic) bond motifs is 7. The Hall–Kier alpha value is -2.95. The van der Waals surface area contributed by atoms with Crippen LogP contribution in [0.4, 0.5) is 0 Å². The standard InChI is InChI=1S/C54H82O23/c1-22-32(58)25(57)17-31(70-22)72-30-19-49(2,3)18-24-23-9-10-28-51(5)13-12-29(52(6,21-56)27(51)11-14-54(28,8)53(23,7)16-15-50(24,30)4)73-47-42(37(63)35(61)40(74-47)44(66)67)77-48-43(38(64)36(62)41(75-48)45(68)69)76-46-39(65)34(60)33(59)26(20-55)71-46/h9,24,26-31,33-43,46-48,55-56,58-65H,10-21H2,1-8H3,(H,66,67)(H,68,69). The van der Waals surface area contributed by atoms with Crippen molar-refractivity contribution in [3.8, 4) is 0 Å². The number of ketones is 1. The van der Waals surface area contributed by atoms with Crippen LogP contribution in [-0.2, 0) is 52.3 Å². The van der Waals surface area contributed by atoms with E-state index in [1.165, 1.54) is 5.57 Å². The number of carboxylic acids is 2. The molecular weight excluding hydrogens is 1020 g/mol. The lowest BCUT2D eigenvalue weighted by atomic mass is 9.33. The summed E-state index contributed by atoms with van der Waals surface area (Å²) < 4.78 is 48.3. The van der Waals surface area contributed by atoms with E-state index in [0.717, 1.165) is 38.5 Å². The quantitative estimate of drug-likeness (QED) is 0.0954. The summed E-state index contributed by atoms with van der Waals surface area (Å²) in [4.78, 5) is 37.6. The van der Waals surface area contributed by atoms with Crippen LogP contribution in [0.3, 0.4) is 0 Å². The van der Waals surface area contributed by atoms with E-state index < -0.39 is 141 Å². The average Bonchev–Trinajstić information content (AvgIpc) is 3.36. The molecule has 9 aliphatic rings. The number of carbonyl (C=O) groups is 3. The Kier molecular flexibility index (Phi) is 15.8. The molecule has 7 fully saturated rings. The zero-order valence-electron chi connectivity index (χ0n) is 45.0. The topological polar surface area (TPSA) is 368 Å². The van der Waals surface area contributed by atoms with E-state index >= 15 is 0 Å². The molecule has 9 rings (SSSR count). The molecule has 0 aromatic heterocycles. The van der Waals surface area contributed by atoms with E-state index in [-0.39, 0.29) is 68.9 Å². The second kappa shape index (κ2) is 20.8. The summed E-state index contributed by atoms with van der Waals surface area (Å²) in [5.41, 5.74) is -0.811. The Labute approximate surface area is 447 Å². The van der Waals surface area contributed by atoms with Crippen LogP contribution in [0.25, 0.3) is 0 Å². The van der Waals surface area contributed by atoms with Crippen molar-refractivity contribution >= 4 is 17.7 Å². The van der Waals surface area contributed by atoms with Crippen LogP contribution in [0.2, 0.25) is 0 Å². The summed E-state index contributed by atoms with van der Waals surface area (Å²) in [6.07, 6.45) is -23.5. The van der Waals surface area contributed by atoms with E-state index in [0.29, 0.717) is 19.3 Å². The minimum Gasteiger partial charge on any atom is -0.502 e. The van der Waals surface area contributed by atoms with Crippen molar-refractivity contribution in [3.05, 3.63) is 23.2 Å². The number of hydrogen-bond donors (Lipinski definition) is 12. The van der Waals surface area contributed by atoms with Crippen LogP contribution in [0.15, 0.2) is 23.2 Å². The number of carboxylic acid groups (broad SMARTS) is 2. The van der Waals surface area contributed by atoms with Crippen molar-refractivity contribution < 1.29 is 114 Å². The maximum absolute atomic E-state index is 12.7. The molecule has 0 aromatic carbocycles. The van der Waals surface area contributed by atoms with Gasteiger partial charge in [0, 0.05) is 10.8 Å². The summed E-state index contributed by atoms with van der Waals surface area (Å²) in [7, 11) is 0. The molecule has 436 valence electrons. The highest BCUT2D eigenvalue weighted by atomic mass is 16.8. The average molecular weight is 1100 g/mol. The molecule has 3 saturated heterocycles. The van der Waals surface area contributed by atoms with Gasteiger partial charge in [0.25, 0.3) is 0 Å². The smallest absolute Gasteiger partial charge is 0.335 e. The van der Waals surface area contributed by atoms with Gasteiger partial charge in [-0.15, -0.1) is 0 Å². The molecule has 23 nitrogen and oxygen atoms in total. The van der Waals surface area contributed by atoms with Crippen LogP contribution < -0.4 is 0 Å². The van der Waals surface area contributed by atoms with Gasteiger partial charge in [-0.2, -0.15) is 0 Å². The lowest BCUT2D eigenvalue weighted by Crippen LogP contribution is -2.68. The number of aliphatic hydroxyl groups excluding tert-OH is 10. The van der Waals surface area contributed by atoms with Gasteiger partial charge in [-0.1, -0.05) is 60.1 Å². The number of allylic oxidation sites excluding steroid dienone is 4. The number of Topliss-reactive ketones (excluding diaryl/α,β-unsaturated/α-hetero) is 1. The molecule has 0 aromatic rings. The first kappa shape index (κ1) is 58.7. The van der Waals surface area contributed by atoms with Gasteiger partial charge in [0.1, 0.15) is 66.8 Å². The minimum atomic E-state index is -2.23. The fraction of sp³-hybridized carbons (Fsp3) is 0.870. The number of rotatable bonds is 12. The summed E-state index contributed by atoms with van der Waals surface area (Å²) in [5, 5.41) is 129. The predicted octanol–water partition coefficient (Wildman–Crippen LogP) is 0.899. The molecule has 0 spiro atoms. The van der Waals surface area contributed by atoms with Crippen molar-refractivity contribution in [1.29, 1.82) is 0 Å². The fourth-order valence-electron chi connectivity index (χ4n) is 16.3. The summed E-state index contributed by atoms with van der Waals surface area (Å²) in [6, 6.07) is 0. The lowest BCUT2D eigenvalue weighted by Gasteiger charge is -2.72. The Balaban J connectivity index is 0.986. The highest BCUT2D eigenvalue weighted by molar-refractivity contribution is 5.94. The van der Waals surface area contributed by atoms with Crippen LogP contribution in [0.5, 0.6) is 0 Å². The molecule has 0 bridgehead atoms. The predicted molar refractivity (Wildman–Crippen MR) is 261 cm³/mol. The first-order valence-corrected chi connectivity index (χ1v) is 27.2. The number of aliphatic carboxylic acids is 2. The second-order valence-electron chi connectivity index (χ2n) is 25.8. The maximum atomic E-state index is 12.7. The van der Waals surface area contributed by atoms with Crippen LogP contribution >= 0.6 is 0 Å². The molecule has 0 radical (unpaired) electrons. The Morgan fingerprint density at radius 1 is 0.649 bits per heavy atom. The highest BCUT2D eigenvalue weighted by Gasteiger charge is 2.70. The number of ether oxygens (including phenoxy) is 8. The minimum absolute atomic E-state index is 0.0659. The van der Waals surface area contributed by atoms with Crippen LogP contribution in [-0.4, -0.2) is 203 Å². The highest BCUT2D eigenvalue weighted by Crippen LogP contribution is 2.76.